The molecule has 0 aliphatic rings. The van der Waals surface area contributed by atoms with Crippen LogP contribution in [0.5, 0.6) is 0 Å². The van der Waals surface area contributed by atoms with Crippen molar-refractivity contribution in [2.24, 2.45) is 0 Å². The Labute approximate surface area is 114 Å². The molecule has 0 aromatic heterocycles. The van der Waals surface area contributed by atoms with Gasteiger partial charge in [-0.05, 0) is 39.2 Å². The van der Waals surface area contributed by atoms with Gasteiger partial charge in [0.15, 0.2) is 0 Å². The van der Waals surface area contributed by atoms with E-state index in [1.807, 2.05) is 30.5 Å². The van der Waals surface area contributed by atoms with Gasteiger partial charge in [0.05, 0.1) is 5.69 Å². The molecule has 0 fully saturated rings. The van der Waals surface area contributed by atoms with Gasteiger partial charge < -0.3 is 10.6 Å². The van der Waals surface area contributed by atoms with Crippen molar-refractivity contribution in [2.45, 2.75) is 37.6 Å². The summed E-state index contributed by atoms with van der Waals surface area (Å²) in [4.78, 5) is 12.9. The van der Waals surface area contributed by atoms with Crippen molar-refractivity contribution in [1.82, 2.24) is 5.32 Å². The highest BCUT2D eigenvalue weighted by molar-refractivity contribution is 7.98. The fraction of sp³-hybridized carbons (Fsp3) is 0.500. The normalized spacial score (nSPS) is 11.3. The van der Waals surface area contributed by atoms with Crippen molar-refractivity contribution in [2.75, 3.05) is 18.1 Å². The van der Waals surface area contributed by atoms with Crippen LogP contribution in [0.1, 0.15) is 27.2 Å². The van der Waals surface area contributed by atoms with Crippen LogP contribution in [0.15, 0.2) is 29.2 Å². The average molecular weight is 266 g/mol. The van der Waals surface area contributed by atoms with Crippen LogP contribution in [-0.4, -0.2) is 24.2 Å². The molecule has 3 nitrogen and oxygen atoms in total. The van der Waals surface area contributed by atoms with Gasteiger partial charge >= 0.3 is 0 Å². The molecule has 1 amide bonds. The number of hydrogen-bond acceptors (Lipinski definition) is 3. The Bertz CT molecular complexity index is 399. The predicted molar refractivity (Wildman–Crippen MR) is 79.2 cm³/mol. The van der Waals surface area contributed by atoms with Crippen LogP contribution in [-0.2, 0) is 4.79 Å². The van der Waals surface area contributed by atoms with Crippen molar-refractivity contribution in [1.29, 1.82) is 0 Å². The lowest BCUT2D eigenvalue weighted by molar-refractivity contribution is -0.116. The molecule has 0 atom stereocenters. The molecule has 0 unspecified atom stereocenters. The second-order valence-electron chi connectivity index (χ2n) is 5.18. The molecule has 18 heavy (non-hydrogen) atoms. The Morgan fingerprint density at radius 2 is 1.94 bits per heavy atom. The topological polar surface area (TPSA) is 41.1 Å². The minimum atomic E-state index is 0.0493. The van der Waals surface area contributed by atoms with Crippen LogP contribution in [0.2, 0.25) is 0 Å². The molecule has 0 saturated carbocycles. The summed E-state index contributed by atoms with van der Waals surface area (Å²) in [5.74, 6) is 0.0493. The van der Waals surface area contributed by atoms with Crippen LogP contribution < -0.4 is 10.6 Å². The number of hydrogen-bond donors (Lipinski definition) is 2. The number of benzene rings is 1. The Hall–Kier alpha value is -1.00. The van der Waals surface area contributed by atoms with Gasteiger partial charge in [0.25, 0.3) is 0 Å². The minimum Gasteiger partial charge on any atom is -0.325 e. The molecule has 0 aliphatic carbocycles. The quantitative estimate of drug-likeness (QED) is 0.805. The molecule has 1 aromatic carbocycles. The number of carbonyl (C=O) groups excluding carboxylic acids is 1. The van der Waals surface area contributed by atoms with Gasteiger partial charge in [0, 0.05) is 23.4 Å². The minimum absolute atomic E-state index is 0.0493. The molecule has 0 spiro atoms. The fourth-order valence-electron chi connectivity index (χ4n) is 1.51. The van der Waals surface area contributed by atoms with Crippen LogP contribution >= 0.6 is 11.8 Å². The fourth-order valence-corrected chi connectivity index (χ4v) is 2.07. The first-order chi connectivity index (χ1) is 8.42. The lowest BCUT2D eigenvalue weighted by Crippen LogP contribution is -2.37. The molecule has 100 valence electrons. The van der Waals surface area contributed by atoms with Gasteiger partial charge in [-0.25, -0.2) is 0 Å². The highest BCUT2D eigenvalue weighted by atomic mass is 32.2. The van der Waals surface area contributed by atoms with Crippen molar-refractivity contribution < 1.29 is 4.79 Å². The van der Waals surface area contributed by atoms with Gasteiger partial charge in [-0.3, -0.25) is 4.79 Å². The first kappa shape index (κ1) is 15.1. The van der Waals surface area contributed by atoms with E-state index in [0.717, 1.165) is 10.6 Å². The summed E-state index contributed by atoms with van der Waals surface area (Å²) in [5.41, 5.74) is 0.947. The molecular formula is C14H22N2OS. The molecule has 0 bridgehead atoms. The van der Waals surface area contributed by atoms with Crippen LogP contribution in [0.3, 0.4) is 0 Å². The zero-order chi connectivity index (χ0) is 13.6. The molecule has 1 rings (SSSR count). The number of anilines is 1. The molecule has 0 saturated heterocycles. The van der Waals surface area contributed by atoms with E-state index in [4.69, 9.17) is 0 Å². The monoisotopic (exact) mass is 266 g/mol. The van der Waals surface area contributed by atoms with Crippen molar-refractivity contribution in [3.8, 4) is 0 Å². The van der Waals surface area contributed by atoms with E-state index in [0.29, 0.717) is 13.0 Å². The summed E-state index contributed by atoms with van der Waals surface area (Å²) in [6.45, 7) is 6.96. The predicted octanol–water partition coefficient (Wildman–Crippen LogP) is 3.13. The number of rotatable bonds is 5. The number of amides is 1. The van der Waals surface area contributed by atoms with E-state index < -0.39 is 0 Å². The third kappa shape index (κ3) is 5.56. The molecule has 4 heteroatoms. The van der Waals surface area contributed by atoms with E-state index in [9.17, 15) is 4.79 Å². The first-order valence-corrected chi connectivity index (χ1v) is 7.33. The summed E-state index contributed by atoms with van der Waals surface area (Å²) >= 11 is 1.64. The van der Waals surface area contributed by atoms with E-state index in [1.54, 1.807) is 11.8 Å². The van der Waals surface area contributed by atoms with Gasteiger partial charge in [-0.1, -0.05) is 12.1 Å². The van der Waals surface area contributed by atoms with E-state index in [2.05, 4.69) is 31.4 Å². The lowest BCUT2D eigenvalue weighted by Gasteiger charge is -2.20. The molecular weight excluding hydrogens is 244 g/mol. The van der Waals surface area contributed by atoms with Crippen molar-refractivity contribution in [3.05, 3.63) is 24.3 Å². The van der Waals surface area contributed by atoms with Crippen LogP contribution in [0, 0.1) is 0 Å². The maximum Gasteiger partial charge on any atom is 0.225 e. The summed E-state index contributed by atoms with van der Waals surface area (Å²) in [6.07, 6.45) is 2.49. The Balaban J connectivity index is 2.45. The Morgan fingerprint density at radius 1 is 1.28 bits per heavy atom. The zero-order valence-corrected chi connectivity index (χ0v) is 12.4. The van der Waals surface area contributed by atoms with Gasteiger partial charge in [0.2, 0.25) is 5.91 Å². The zero-order valence-electron chi connectivity index (χ0n) is 11.5. The van der Waals surface area contributed by atoms with Gasteiger partial charge in [-0.2, -0.15) is 0 Å². The molecule has 0 radical (unpaired) electrons. The molecule has 1 aromatic rings. The number of para-hydroxylation sites is 1. The second-order valence-corrected chi connectivity index (χ2v) is 6.02. The summed E-state index contributed by atoms with van der Waals surface area (Å²) in [6, 6.07) is 7.85. The Kier molecular flexibility index (Phi) is 5.69. The highest BCUT2D eigenvalue weighted by Gasteiger charge is 2.10. The third-order valence-corrected chi connectivity index (χ3v) is 3.18. The van der Waals surface area contributed by atoms with Crippen LogP contribution in [0.25, 0.3) is 0 Å². The average Bonchev–Trinajstić information content (AvgIpc) is 2.28. The first-order valence-electron chi connectivity index (χ1n) is 6.10. The molecule has 0 heterocycles. The smallest absolute Gasteiger partial charge is 0.225 e. The van der Waals surface area contributed by atoms with E-state index >= 15 is 0 Å². The summed E-state index contributed by atoms with van der Waals surface area (Å²) in [5, 5.41) is 6.25. The van der Waals surface area contributed by atoms with Gasteiger partial charge in [0.1, 0.15) is 0 Å². The molecule has 2 N–H and O–H groups in total. The Morgan fingerprint density at radius 3 is 2.56 bits per heavy atom. The van der Waals surface area contributed by atoms with Crippen molar-refractivity contribution >= 4 is 23.4 Å². The summed E-state index contributed by atoms with van der Waals surface area (Å²) in [7, 11) is 0. The SMILES string of the molecule is CSc1ccccc1NC(=O)CCNC(C)(C)C. The number of nitrogens with one attached hydrogen (secondary N) is 2. The molecule has 0 aliphatic heterocycles. The third-order valence-electron chi connectivity index (χ3n) is 2.39. The number of thioether (sulfide) groups is 1. The lowest BCUT2D eigenvalue weighted by atomic mass is 10.1. The van der Waals surface area contributed by atoms with E-state index in [1.165, 1.54) is 0 Å². The summed E-state index contributed by atoms with van der Waals surface area (Å²) < 4.78 is 0. The second kappa shape index (κ2) is 6.81. The maximum atomic E-state index is 11.8. The van der Waals surface area contributed by atoms with E-state index in [-0.39, 0.29) is 11.4 Å². The van der Waals surface area contributed by atoms with Crippen molar-refractivity contribution in [3.63, 3.8) is 0 Å². The standard InChI is InChI=1S/C14H22N2OS/c1-14(2,3)15-10-9-13(17)16-11-7-5-6-8-12(11)18-4/h5-8,15H,9-10H2,1-4H3,(H,16,17). The number of carbonyl (C=O) groups is 1. The highest BCUT2D eigenvalue weighted by Crippen LogP contribution is 2.24. The maximum absolute atomic E-state index is 11.8. The largest absolute Gasteiger partial charge is 0.325 e. The van der Waals surface area contributed by atoms with Gasteiger partial charge in [-0.15, -0.1) is 11.8 Å². The van der Waals surface area contributed by atoms with Crippen LogP contribution in [0.4, 0.5) is 5.69 Å².